The van der Waals surface area contributed by atoms with Crippen LogP contribution < -0.4 is 14.8 Å². The van der Waals surface area contributed by atoms with Crippen molar-refractivity contribution in [3.05, 3.63) is 112 Å². The summed E-state index contributed by atoms with van der Waals surface area (Å²) in [6.07, 6.45) is 3.73. The van der Waals surface area contributed by atoms with Crippen molar-refractivity contribution in [1.29, 1.82) is 0 Å². The third kappa shape index (κ3) is 4.32. The number of benzene rings is 3. The number of hydrogen-bond acceptors (Lipinski definition) is 7. The van der Waals surface area contributed by atoms with Gasteiger partial charge in [-0.3, -0.25) is 9.59 Å². The fraction of sp³-hybridized carbons (Fsp3) is 0.0357. The van der Waals surface area contributed by atoms with Gasteiger partial charge in [-0.2, -0.15) is 14.6 Å². The molecule has 0 N–H and O–H groups in total. The topological polar surface area (TPSA) is 91.4 Å². The number of rotatable bonds is 5. The number of fused-ring (bicyclic) bond motifs is 1. The van der Waals surface area contributed by atoms with Crippen LogP contribution in [0.4, 0.5) is 0 Å². The second-order valence-corrected chi connectivity index (χ2v) is 9.22. The van der Waals surface area contributed by atoms with E-state index < -0.39 is 5.97 Å². The lowest BCUT2D eigenvalue weighted by Gasteiger charge is -2.04. The molecule has 0 amide bonds. The Balaban J connectivity index is 1.46. The average Bonchev–Trinajstić information content (AvgIpc) is 3.60. The van der Waals surface area contributed by atoms with Crippen molar-refractivity contribution < 1.29 is 9.53 Å². The minimum atomic E-state index is -0.444. The molecule has 0 aliphatic heterocycles. The van der Waals surface area contributed by atoms with E-state index in [4.69, 9.17) is 9.84 Å². The number of carbonyl (C=O) groups is 1. The molecule has 3 aromatic carbocycles. The predicted molar refractivity (Wildman–Crippen MR) is 142 cm³/mol. The summed E-state index contributed by atoms with van der Waals surface area (Å²) < 4.78 is 8.85. The minimum Gasteiger partial charge on any atom is -0.426 e. The molecular formula is C28H19N5O3S. The molecule has 6 aromatic rings. The van der Waals surface area contributed by atoms with Crippen molar-refractivity contribution in [2.45, 2.75) is 6.92 Å². The van der Waals surface area contributed by atoms with E-state index in [0.29, 0.717) is 26.6 Å². The summed E-state index contributed by atoms with van der Waals surface area (Å²) in [5.74, 6) is 0.210. The van der Waals surface area contributed by atoms with Gasteiger partial charge in [-0.25, -0.2) is 4.68 Å². The summed E-state index contributed by atoms with van der Waals surface area (Å²) in [4.78, 5) is 29.8. The molecule has 0 saturated heterocycles. The van der Waals surface area contributed by atoms with E-state index in [9.17, 15) is 9.59 Å². The van der Waals surface area contributed by atoms with E-state index in [2.05, 4.69) is 10.1 Å². The largest absolute Gasteiger partial charge is 0.426 e. The van der Waals surface area contributed by atoms with Gasteiger partial charge >= 0.3 is 5.97 Å². The maximum atomic E-state index is 13.3. The Morgan fingerprint density at radius 2 is 1.62 bits per heavy atom. The lowest BCUT2D eigenvalue weighted by molar-refractivity contribution is -0.131. The van der Waals surface area contributed by atoms with Crippen LogP contribution in [0, 0.1) is 0 Å². The molecule has 0 bridgehead atoms. The van der Waals surface area contributed by atoms with E-state index in [1.54, 1.807) is 28.9 Å². The highest BCUT2D eigenvalue weighted by Gasteiger charge is 2.17. The molecule has 0 aliphatic carbocycles. The number of ether oxygens (including phenoxy) is 1. The first-order chi connectivity index (χ1) is 18.1. The summed E-state index contributed by atoms with van der Waals surface area (Å²) >= 11 is 1.24. The summed E-state index contributed by atoms with van der Waals surface area (Å²) in [5, 5.41) is 9.23. The third-order valence-electron chi connectivity index (χ3n) is 5.66. The molecule has 0 radical (unpaired) electrons. The van der Waals surface area contributed by atoms with Gasteiger partial charge in [0.05, 0.1) is 21.5 Å². The van der Waals surface area contributed by atoms with Gasteiger partial charge in [0.25, 0.3) is 5.56 Å². The lowest BCUT2D eigenvalue weighted by atomic mass is 10.1. The maximum Gasteiger partial charge on any atom is 0.308 e. The van der Waals surface area contributed by atoms with Gasteiger partial charge in [-0.05, 0) is 30.3 Å². The lowest BCUT2D eigenvalue weighted by Crippen LogP contribution is -2.23. The van der Waals surface area contributed by atoms with Crippen molar-refractivity contribution in [3.63, 3.8) is 0 Å². The van der Waals surface area contributed by atoms with Crippen molar-refractivity contribution >= 4 is 28.3 Å². The number of esters is 1. The Kier molecular flexibility index (Phi) is 5.66. The first kappa shape index (κ1) is 22.6. The highest BCUT2D eigenvalue weighted by atomic mass is 32.1. The van der Waals surface area contributed by atoms with Gasteiger partial charge in [0.1, 0.15) is 5.75 Å². The second-order valence-electron chi connectivity index (χ2n) is 8.21. The first-order valence-corrected chi connectivity index (χ1v) is 12.3. The maximum absolute atomic E-state index is 13.3. The van der Waals surface area contributed by atoms with Crippen LogP contribution in [0.1, 0.15) is 12.5 Å². The summed E-state index contributed by atoms with van der Waals surface area (Å²) in [6.45, 7) is 1.33. The fourth-order valence-electron chi connectivity index (χ4n) is 4.01. The predicted octanol–water partition coefficient (Wildman–Crippen LogP) is 4.14. The zero-order chi connectivity index (χ0) is 25.4. The number of nitrogens with zero attached hydrogens (tertiary/aromatic N) is 5. The van der Waals surface area contributed by atoms with E-state index in [1.807, 2.05) is 72.9 Å². The SMILES string of the molecule is CC(=O)Oc1ccccc1-c1nc2sc(=Cc3cn(-c4ccccc4)nc3-c3ccccc3)c(=O)n2n1. The Hall–Kier alpha value is -4.89. The fourth-order valence-corrected chi connectivity index (χ4v) is 4.91. The molecule has 0 aliphatic rings. The first-order valence-electron chi connectivity index (χ1n) is 11.5. The standard InChI is InChI=1S/C28H19N5O3S/c1-18(34)36-23-15-9-8-14-22(23)26-29-28-33(31-26)27(35)24(37-28)16-20-17-32(21-12-6-3-7-13-21)30-25(20)19-10-4-2-5-11-19/h2-17H,1H3. The van der Waals surface area contributed by atoms with Crippen LogP contribution in [0.3, 0.4) is 0 Å². The van der Waals surface area contributed by atoms with Gasteiger partial charge in [0.2, 0.25) is 4.96 Å². The molecule has 0 fully saturated rings. The summed E-state index contributed by atoms with van der Waals surface area (Å²) in [6, 6.07) is 26.6. The van der Waals surface area contributed by atoms with Gasteiger partial charge in [-0.15, -0.1) is 5.10 Å². The van der Waals surface area contributed by atoms with Crippen molar-refractivity contribution in [2.24, 2.45) is 0 Å². The molecule has 180 valence electrons. The van der Waals surface area contributed by atoms with E-state index in [1.165, 1.54) is 22.8 Å². The Morgan fingerprint density at radius 3 is 2.35 bits per heavy atom. The summed E-state index contributed by atoms with van der Waals surface area (Å²) in [7, 11) is 0. The molecule has 0 unspecified atom stereocenters. The quantitative estimate of drug-likeness (QED) is 0.258. The molecule has 0 spiro atoms. The zero-order valence-electron chi connectivity index (χ0n) is 19.6. The number of aromatic nitrogens is 5. The van der Waals surface area contributed by atoms with Crippen LogP contribution in [-0.4, -0.2) is 30.3 Å². The van der Waals surface area contributed by atoms with Crippen molar-refractivity contribution in [3.8, 4) is 34.1 Å². The third-order valence-corrected chi connectivity index (χ3v) is 6.62. The van der Waals surface area contributed by atoms with Gasteiger partial charge in [0.15, 0.2) is 5.82 Å². The molecule has 3 aromatic heterocycles. The van der Waals surface area contributed by atoms with Crippen molar-refractivity contribution in [1.82, 2.24) is 24.4 Å². The molecule has 9 heteroatoms. The van der Waals surface area contributed by atoms with Crippen LogP contribution >= 0.6 is 11.3 Å². The molecule has 37 heavy (non-hydrogen) atoms. The van der Waals surface area contributed by atoms with Crippen LogP contribution in [0.15, 0.2) is 95.9 Å². The monoisotopic (exact) mass is 505 g/mol. The second kappa shape index (κ2) is 9.29. The highest BCUT2D eigenvalue weighted by molar-refractivity contribution is 7.15. The van der Waals surface area contributed by atoms with E-state index in [-0.39, 0.29) is 5.56 Å². The molecule has 8 nitrogen and oxygen atoms in total. The number of hydrogen-bond donors (Lipinski definition) is 0. The van der Waals surface area contributed by atoms with Gasteiger partial charge in [-0.1, -0.05) is 72.0 Å². The minimum absolute atomic E-state index is 0.282. The van der Waals surface area contributed by atoms with Crippen LogP contribution in [0.2, 0.25) is 0 Å². The van der Waals surface area contributed by atoms with Gasteiger partial charge in [0, 0.05) is 24.2 Å². The van der Waals surface area contributed by atoms with Gasteiger partial charge < -0.3 is 4.74 Å². The number of thiazole rings is 1. The molecule has 3 heterocycles. The number of para-hydroxylation sites is 2. The molecule has 0 saturated carbocycles. The summed E-state index contributed by atoms with van der Waals surface area (Å²) in [5.41, 5.74) is 3.68. The smallest absolute Gasteiger partial charge is 0.308 e. The Labute approximate surface area is 214 Å². The Morgan fingerprint density at radius 1 is 0.919 bits per heavy atom. The van der Waals surface area contributed by atoms with E-state index in [0.717, 1.165) is 22.5 Å². The van der Waals surface area contributed by atoms with Crippen LogP contribution in [0.25, 0.3) is 39.4 Å². The molecule has 6 rings (SSSR count). The van der Waals surface area contributed by atoms with Crippen LogP contribution in [-0.2, 0) is 4.79 Å². The molecule has 0 atom stereocenters. The zero-order valence-corrected chi connectivity index (χ0v) is 20.4. The van der Waals surface area contributed by atoms with Crippen molar-refractivity contribution in [2.75, 3.05) is 0 Å². The average molecular weight is 506 g/mol. The number of carbonyl (C=O) groups excluding carboxylic acids is 1. The Bertz CT molecular complexity index is 1860. The highest BCUT2D eigenvalue weighted by Crippen LogP contribution is 2.28. The normalized spacial score (nSPS) is 11.8. The van der Waals surface area contributed by atoms with E-state index >= 15 is 0 Å². The van der Waals surface area contributed by atoms with Crippen LogP contribution in [0.5, 0.6) is 5.75 Å². The molecular weight excluding hydrogens is 486 g/mol.